The summed E-state index contributed by atoms with van der Waals surface area (Å²) in [6.07, 6.45) is 3.61. The number of nitrogens with zero attached hydrogens (tertiary/aromatic N) is 2. The lowest BCUT2D eigenvalue weighted by molar-refractivity contribution is 1.03. The Balaban J connectivity index is 2.49. The van der Waals surface area contributed by atoms with Crippen molar-refractivity contribution in [2.24, 2.45) is 0 Å². The first-order valence-corrected chi connectivity index (χ1v) is 4.77. The second kappa shape index (κ2) is 3.65. The van der Waals surface area contributed by atoms with Gasteiger partial charge in [0.15, 0.2) is 0 Å². The van der Waals surface area contributed by atoms with Crippen LogP contribution in [0.25, 0.3) is 10.9 Å². The summed E-state index contributed by atoms with van der Waals surface area (Å²) in [5.41, 5.74) is 8.70. The molecule has 0 fully saturated rings. The summed E-state index contributed by atoms with van der Waals surface area (Å²) < 4.78 is 0. The van der Waals surface area contributed by atoms with E-state index < -0.39 is 0 Å². The van der Waals surface area contributed by atoms with Crippen LogP contribution in [-0.2, 0) is 0 Å². The van der Waals surface area contributed by atoms with Gasteiger partial charge in [0.1, 0.15) is 0 Å². The number of hydrogen-bond acceptors (Lipinski definition) is 3. The molecule has 0 saturated carbocycles. The third-order valence-corrected chi connectivity index (χ3v) is 2.40. The van der Waals surface area contributed by atoms with Crippen LogP contribution in [0.2, 0.25) is 0 Å². The molecule has 3 N–H and O–H groups in total. The highest BCUT2D eigenvalue weighted by Gasteiger charge is 2.06. The number of nitrogen functional groups attached to an aromatic ring is 1. The van der Waals surface area contributed by atoms with Gasteiger partial charge in [0.25, 0.3) is 0 Å². The summed E-state index contributed by atoms with van der Waals surface area (Å²) in [5, 5.41) is 7.93. The molecule has 2 rings (SSSR count). The van der Waals surface area contributed by atoms with E-state index in [4.69, 9.17) is 5.73 Å². The Morgan fingerprint density at radius 3 is 3.13 bits per heavy atom. The minimum absolute atomic E-state index is 0.758. The SMILES string of the molecule is C=CCN(C)c1cc2[nH]ncc2cc1N. The largest absolute Gasteiger partial charge is 0.397 e. The molecule has 2 aromatic rings. The van der Waals surface area contributed by atoms with Gasteiger partial charge in [0.05, 0.1) is 23.1 Å². The lowest BCUT2D eigenvalue weighted by Crippen LogP contribution is -2.17. The van der Waals surface area contributed by atoms with E-state index in [1.54, 1.807) is 6.20 Å². The number of likely N-dealkylation sites (N-methyl/N-ethyl adjacent to an activating group) is 1. The van der Waals surface area contributed by atoms with Crippen LogP contribution in [0, 0.1) is 0 Å². The van der Waals surface area contributed by atoms with Crippen molar-refractivity contribution in [1.82, 2.24) is 10.2 Å². The topological polar surface area (TPSA) is 57.9 Å². The highest BCUT2D eigenvalue weighted by molar-refractivity contribution is 5.88. The fourth-order valence-corrected chi connectivity index (χ4v) is 1.62. The Kier molecular flexibility index (Phi) is 2.33. The van der Waals surface area contributed by atoms with Crippen molar-refractivity contribution in [1.29, 1.82) is 0 Å². The zero-order valence-electron chi connectivity index (χ0n) is 8.70. The van der Waals surface area contributed by atoms with Crippen LogP contribution in [0.1, 0.15) is 0 Å². The number of aromatic amines is 1. The molecule has 0 bridgehead atoms. The van der Waals surface area contributed by atoms with Gasteiger partial charge < -0.3 is 10.6 Å². The third-order valence-electron chi connectivity index (χ3n) is 2.40. The Bertz CT molecular complexity index is 486. The monoisotopic (exact) mass is 202 g/mol. The molecule has 15 heavy (non-hydrogen) atoms. The normalized spacial score (nSPS) is 10.5. The fourth-order valence-electron chi connectivity index (χ4n) is 1.62. The zero-order valence-corrected chi connectivity index (χ0v) is 8.70. The van der Waals surface area contributed by atoms with Crippen LogP contribution in [0.15, 0.2) is 31.0 Å². The molecule has 78 valence electrons. The summed E-state index contributed by atoms with van der Waals surface area (Å²) in [6, 6.07) is 3.93. The molecule has 0 unspecified atom stereocenters. The lowest BCUT2D eigenvalue weighted by atomic mass is 10.2. The molecule has 4 heteroatoms. The number of rotatable bonds is 3. The number of hydrogen-bond donors (Lipinski definition) is 2. The first-order valence-electron chi connectivity index (χ1n) is 4.77. The van der Waals surface area contributed by atoms with Gasteiger partial charge in [-0.2, -0.15) is 5.10 Å². The van der Waals surface area contributed by atoms with Crippen LogP contribution >= 0.6 is 0 Å². The minimum atomic E-state index is 0.758. The molecule has 1 aromatic carbocycles. The van der Waals surface area contributed by atoms with Gasteiger partial charge in [-0.05, 0) is 12.1 Å². The van der Waals surface area contributed by atoms with E-state index in [-0.39, 0.29) is 0 Å². The molecule has 0 radical (unpaired) electrons. The molecule has 4 nitrogen and oxygen atoms in total. The van der Waals surface area contributed by atoms with Crippen molar-refractivity contribution in [3.8, 4) is 0 Å². The molecule has 1 heterocycles. The highest BCUT2D eigenvalue weighted by atomic mass is 15.1. The molecular weight excluding hydrogens is 188 g/mol. The second-order valence-electron chi connectivity index (χ2n) is 3.54. The van der Waals surface area contributed by atoms with E-state index in [1.165, 1.54) is 0 Å². The minimum Gasteiger partial charge on any atom is -0.397 e. The number of H-pyrrole nitrogens is 1. The maximum atomic E-state index is 5.96. The van der Waals surface area contributed by atoms with Crippen LogP contribution in [-0.4, -0.2) is 23.8 Å². The molecule has 0 aliphatic heterocycles. The van der Waals surface area contributed by atoms with E-state index in [9.17, 15) is 0 Å². The van der Waals surface area contributed by atoms with Crippen molar-refractivity contribution in [3.05, 3.63) is 31.0 Å². The quantitative estimate of drug-likeness (QED) is 0.589. The van der Waals surface area contributed by atoms with Crippen molar-refractivity contribution in [3.63, 3.8) is 0 Å². The van der Waals surface area contributed by atoms with E-state index in [1.807, 2.05) is 30.2 Å². The summed E-state index contributed by atoms with van der Waals surface area (Å²) in [5.74, 6) is 0. The van der Waals surface area contributed by atoms with E-state index in [0.29, 0.717) is 0 Å². The number of aromatic nitrogens is 2. The summed E-state index contributed by atoms with van der Waals surface area (Å²) in [4.78, 5) is 2.04. The molecular formula is C11H14N4. The smallest absolute Gasteiger partial charge is 0.0672 e. The Morgan fingerprint density at radius 2 is 2.40 bits per heavy atom. The van der Waals surface area contributed by atoms with Gasteiger partial charge in [-0.15, -0.1) is 6.58 Å². The van der Waals surface area contributed by atoms with Gasteiger partial charge in [0.2, 0.25) is 0 Å². The van der Waals surface area contributed by atoms with Crippen LogP contribution in [0.4, 0.5) is 11.4 Å². The summed E-state index contributed by atoms with van der Waals surface area (Å²) >= 11 is 0. The Hall–Kier alpha value is -1.97. The molecule has 0 atom stereocenters. The Labute approximate surface area is 88.4 Å². The average molecular weight is 202 g/mol. The third kappa shape index (κ3) is 1.66. The summed E-state index contributed by atoms with van der Waals surface area (Å²) in [7, 11) is 1.98. The van der Waals surface area contributed by atoms with Gasteiger partial charge in [0, 0.05) is 19.0 Å². The van der Waals surface area contributed by atoms with Gasteiger partial charge in [-0.3, -0.25) is 5.10 Å². The first kappa shape index (κ1) is 9.58. The maximum absolute atomic E-state index is 5.96. The second-order valence-corrected chi connectivity index (χ2v) is 3.54. The molecule has 0 amide bonds. The maximum Gasteiger partial charge on any atom is 0.0672 e. The Morgan fingerprint density at radius 1 is 1.60 bits per heavy atom. The van der Waals surface area contributed by atoms with E-state index in [2.05, 4.69) is 16.8 Å². The van der Waals surface area contributed by atoms with Crippen LogP contribution in [0.5, 0.6) is 0 Å². The van der Waals surface area contributed by atoms with E-state index in [0.717, 1.165) is 28.8 Å². The predicted molar refractivity (Wildman–Crippen MR) is 64.0 cm³/mol. The zero-order chi connectivity index (χ0) is 10.8. The molecule has 0 spiro atoms. The van der Waals surface area contributed by atoms with E-state index >= 15 is 0 Å². The lowest BCUT2D eigenvalue weighted by Gasteiger charge is -2.19. The van der Waals surface area contributed by atoms with Crippen molar-refractivity contribution in [2.75, 3.05) is 24.2 Å². The van der Waals surface area contributed by atoms with Gasteiger partial charge in [-0.1, -0.05) is 6.08 Å². The van der Waals surface area contributed by atoms with Crippen molar-refractivity contribution >= 4 is 22.3 Å². The number of nitrogens with two attached hydrogens (primary N) is 1. The molecule has 1 aromatic heterocycles. The number of benzene rings is 1. The standard InChI is InChI=1S/C11H14N4/c1-3-4-15(2)11-6-10-8(5-9(11)12)7-13-14-10/h3,5-7H,1,4,12H2,2H3,(H,13,14). The van der Waals surface area contributed by atoms with Crippen LogP contribution < -0.4 is 10.6 Å². The average Bonchev–Trinajstić information content (AvgIpc) is 2.63. The molecule has 0 saturated heterocycles. The fraction of sp³-hybridized carbons (Fsp3) is 0.182. The van der Waals surface area contributed by atoms with Crippen LogP contribution in [0.3, 0.4) is 0 Å². The highest BCUT2D eigenvalue weighted by Crippen LogP contribution is 2.27. The van der Waals surface area contributed by atoms with Gasteiger partial charge >= 0.3 is 0 Å². The predicted octanol–water partition coefficient (Wildman–Crippen LogP) is 1.77. The molecule has 0 aliphatic carbocycles. The van der Waals surface area contributed by atoms with Crippen molar-refractivity contribution in [2.45, 2.75) is 0 Å². The number of anilines is 2. The number of fused-ring (bicyclic) bond motifs is 1. The first-order chi connectivity index (χ1) is 7.22. The molecule has 0 aliphatic rings. The van der Waals surface area contributed by atoms with Crippen molar-refractivity contribution < 1.29 is 0 Å². The number of nitrogens with one attached hydrogen (secondary N) is 1. The van der Waals surface area contributed by atoms with Gasteiger partial charge in [-0.25, -0.2) is 0 Å². The summed E-state index contributed by atoms with van der Waals surface area (Å²) in [6.45, 7) is 4.47.